The van der Waals surface area contributed by atoms with E-state index in [2.05, 4.69) is 5.32 Å². The number of ether oxygens (including phenoxy) is 1. The fourth-order valence-corrected chi connectivity index (χ4v) is 2.82. The third-order valence-electron chi connectivity index (χ3n) is 4.79. The number of carboxylic acids is 1. The normalized spacial score (nSPS) is 13.5. The van der Waals surface area contributed by atoms with E-state index in [0.717, 1.165) is 16.7 Å². The highest BCUT2D eigenvalue weighted by Crippen LogP contribution is 2.28. The minimum atomic E-state index is -1.06. The maximum atomic E-state index is 12.3. The number of carboxylic acid groups (broad SMARTS) is 1. The predicted molar refractivity (Wildman–Crippen MR) is 105 cm³/mol. The standard InChI is InChI=1S/C22H27NO4/c1-5-15(2)19(20(24)25)23-21(26)27-22(3,4)18-13-11-17(12-14-18)16-9-7-6-8-10-16/h6-15,19H,5H2,1-4H3,(H,23,26)(H,24,25). The zero-order valence-corrected chi connectivity index (χ0v) is 16.2. The summed E-state index contributed by atoms with van der Waals surface area (Å²) in [5, 5.41) is 11.8. The highest BCUT2D eigenvalue weighted by molar-refractivity contribution is 5.80. The van der Waals surface area contributed by atoms with Crippen molar-refractivity contribution in [2.75, 3.05) is 0 Å². The number of amides is 1. The van der Waals surface area contributed by atoms with E-state index in [1.807, 2.05) is 61.5 Å². The average Bonchev–Trinajstić information content (AvgIpc) is 2.65. The smallest absolute Gasteiger partial charge is 0.408 e. The number of hydrogen-bond donors (Lipinski definition) is 2. The Labute approximate surface area is 160 Å². The molecule has 0 spiro atoms. The topological polar surface area (TPSA) is 75.6 Å². The molecule has 1 amide bonds. The van der Waals surface area contributed by atoms with Crippen LogP contribution in [0.2, 0.25) is 0 Å². The van der Waals surface area contributed by atoms with Crippen molar-refractivity contribution in [3.63, 3.8) is 0 Å². The van der Waals surface area contributed by atoms with Crippen molar-refractivity contribution in [1.82, 2.24) is 5.32 Å². The van der Waals surface area contributed by atoms with E-state index in [9.17, 15) is 14.7 Å². The molecule has 2 N–H and O–H groups in total. The molecule has 2 unspecified atom stereocenters. The van der Waals surface area contributed by atoms with Gasteiger partial charge in [0.1, 0.15) is 11.6 Å². The van der Waals surface area contributed by atoms with Gasteiger partial charge in [0.15, 0.2) is 0 Å². The Hall–Kier alpha value is -2.82. The molecule has 0 bridgehead atoms. The molecule has 2 aromatic rings. The third-order valence-corrected chi connectivity index (χ3v) is 4.79. The Balaban J connectivity index is 2.09. The molecule has 2 rings (SSSR count). The van der Waals surface area contributed by atoms with Crippen LogP contribution in [-0.2, 0) is 15.1 Å². The molecular formula is C22H27NO4. The largest absolute Gasteiger partial charge is 0.480 e. The Morgan fingerprint density at radius 2 is 1.59 bits per heavy atom. The number of rotatable bonds is 7. The van der Waals surface area contributed by atoms with E-state index in [1.54, 1.807) is 20.8 Å². The molecule has 0 heterocycles. The number of alkyl carbamates (subject to hydrolysis) is 1. The SMILES string of the molecule is CCC(C)C(NC(=O)OC(C)(C)c1ccc(-c2ccccc2)cc1)C(=O)O. The van der Waals surface area contributed by atoms with Crippen LogP contribution < -0.4 is 5.32 Å². The van der Waals surface area contributed by atoms with Crippen LogP contribution in [0.15, 0.2) is 54.6 Å². The van der Waals surface area contributed by atoms with Crippen LogP contribution in [0.1, 0.15) is 39.7 Å². The first-order chi connectivity index (χ1) is 12.7. The lowest BCUT2D eigenvalue weighted by Gasteiger charge is -2.28. The lowest BCUT2D eigenvalue weighted by atomic mass is 9.95. The summed E-state index contributed by atoms with van der Waals surface area (Å²) >= 11 is 0. The van der Waals surface area contributed by atoms with E-state index in [4.69, 9.17) is 4.74 Å². The number of carbonyl (C=O) groups is 2. The number of benzene rings is 2. The van der Waals surface area contributed by atoms with Gasteiger partial charge in [-0.05, 0) is 36.5 Å². The summed E-state index contributed by atoms with van der Waals surface area (Å²) in [4.78, 5) is 23.6. The van der Waals surface area contributed by atoms with Gasteiger partial charge in [0.05, 0.1) is 0 Å². The first-order valence-electron chi connectivity index (χ1n) is 9.13. The maximum Gasteiger partial charge on any atom is 0.408 e. The van der Waals surface area contributed by atoms with Crippen LogP contribution in [0.3, 0.4) is 0 Å². The number of carbonyl (C=O) groups excluding carboxylic acids is 1. The second-order valence-electron chi connectivity index (χ2n) is 7.19. The quantitative estimate of drug-likeness (QED) is 0.734. The van der Waals surface area contributed by atoms with E-state index in [-0.39, 0.29) is 5.92 Å². The summed E-state index contributed by atoms with van der Waals surface area (Å²) in [7, 11) is 0. The highest BCUT2D eigenvalue weighted by atomic mass is 16.6. The second kappa shape index (κ2) is 8.71. The first-order valence-corrected chi connectivity index (χ1v) is 9.13. The molecule has 5 nitrogen and oxygen atoms in total. The lowest BCUT2D eigenvalue weighted by molar-refractivity contribution is -0.140. The lowest BCUT2D eigenvalue weighted by Crippen LogP contribution is -2.46. The summed E-state index contributed by atoms with van der Waals surface area (Å²) in [5.74, 6) is -1.25. The van der Waals surface area contributed by atoms with Crippen LogP contribution in [-0.4, -0.2) is 23.2 Å². The maximum absolute atomic E-state index is 12.3. The van der Waals surface area contributed by atoms with Gasteiger partial charge in [-0.2, -0.15) is 0 Å². The third kappa shape index (κ3) is 5.33. The number of aliphatic carboxylic acids is 1. The van der Waals surface area contributed by atoms with Gasteiger partial charge >= 0.3 is 12.1 Å². The Morgan fingerprint density at radius 3 is 2.11 bits per heavy atom. The molecule has 0 aromatic heterocycles. The summed E-state index contributed by atoms with van der Waals surface area (Å²) in [6, 6.07) is 16.8. The summed E-state index contributed by atoms with van der Waals surface area (Å²) in [5.41, 5.74) is 2.12. The summed E-state index contributed by atoms with van der Waals surface area (Å²) in [6.45, 7) is 7.23. The predicted octanol–water partition coefficient (Wildman–Crippen LogP) is 4.81. The number of hydrogen-bond acceptors (Lipinski definition) is 3. The Morgan fingerprint density at radius 1 is 1.04 bits per heavy atom. The second-order valence-corrected chi connectivity index (χ2v) is 7.19. The van der Waals surface area contributed by atoms with Gasteiger partial charge in [-0.25, -0.2) is 9.59 Å². The van der Waals surface area contributed by atoms with E-state index in [0.29, 0.717) is 6.42 Å². The first kappa shape index (κ1) is 20.5. The molecule has 27 heavy (non-hydrogen) atoms. The zero-order chi connectivity index (χ0) is 20.0. The molecule has 2 atom stereocenters. The van der Waals surface area contributed by atoms with Crippen molar-refractivity contribution in [3.05, 3.63) is 60.2 Å². The molecule has 0 saturated carbocycles. The highest BCUT2D eigenvalue weighted by Gasteiger charge is 2.30. The summed E-state index contributed by atoms with van der Waals surface area (Å²) < 4.78 is 5.53. The van der Waals surface area contributed by atoms with E-state index < -0.39 is 23.7 Å². The van der Waals surface area contributed by atoms with Crippen molar-refractivity contribution in [2.24, 2.45) is 5.92 Å². The van der Waals surface area contributed by atoms with Gasteiger partial charge in [-0.1, -0.05) is 74.9 Å². The molecule has 2 aromatic carbocycles. The molecule has 0 radical (unpaired) electrons. The van der Waals surface area contributed by atoms with E-state index >= 15 is 0 Å². The zero-order valence-electron chi connectivity index (χ0n) is 16.2. The van der Waals surface area contributed by atoms with Crippen LogP contribution in [0, 0.1) is 5.92 Å². The van der Waals surface area contributed by atoms with Crippen molar-refractivity contribution in [1.29, 1.82) is 0 Å². The molecule has 0 fully saturated rings. The van der Waals surface area contributed by atoms with Gasteiger partial charge < -0.3 is 15.2 Å². The molecule has 144 valence electrons. The number of nitrogens with one attached hydrogen (secondary N) is 1. The molecular weight excluding hydrogens is 342 g/mol. The van der Waals surface area contributed by atoms with Gasteiger partial charge in [0.2, 0.25) is 0 Å². The van der Waals surface area contributed by atoms with Crippen LogP contribution in [0.5, 0.6) is 0 Å². The minimum Gasteiger partial charge on any atom is -0.480 e. The van der Waals surface area contributed by atoms with Crippen molar-refractivity contribution in [3.8, 4) is 11.1 Å². The Kier molecular flexibility index (Phi) is 6.61. The molecule has 5 heteroatoms. The fraction of sp³-hybridized carbons (Fsp3) is 0.364. The van der Waals surface area contributed by atoms with Crippen molar-refractivity contribution >= 4 is 12.1 Å². The monoisotopic (exact) mass is 369 g/mol. The molecule has 0 aliphatic heterocycles. The van der Waals surface area contributed by atoms with Gasteiger partial charge in [0.25, 0.3) is 0 Å². The van der Waals surface area contributed by atoms with Crippen molar-refractivity contribution in [2.45, 2.75) is 45.8 Å². The average molecular weight is 369 g/mol. The molecule has 0 aliphatic rings. The fourth-order valence-electron chi connectivity index (χ4n) is 2.82. The van der Waals surface area contributed by atoms with E-state index in [1.165, 1.54) is 0 Å². The molecule has 0 aliphatic carbocycles. The van der Waals surface area contributed by atoms with Crippen LogP contribution in [0.4, 0.5) is 4.79 Å². The van der Waals surface area contributed by atoms with Gasteiger partial charge in [-0.3, -0.25) is 0 Å². The van der Waals surface area contributed by atoms with Gasteiger partial charge in [0, 0.05) is 0 Å². The van der Waals surface area contributed by atoms with Crippen molar-refractivity contribution < 1.29 is 19.4 Å². The van der Waals surface area contributed by atoms with Crippen LogP contribution >= 0.6 is 0 Å². The van der Waals surface area contributed by atoms with Crippen LogP contribution in [0.25, 0.3) is 11.1 Å². The van der Waals surface area contributed by atoms with Gasteiger partial charge in [-0.15, -0.1) is 0 Å². The molecule has 0 saturated heterocycles. The minimum absolute atomic E-state index is 0.191. The summed E-state index contributed by atoms with van der Waals surface area (Å²) in [6.07, 6.45) is -0.0958. The Bertz CT molecular complexity index is 769.